The summed E-state index contributed by atoms with van der Waals surface area (Å²) in [7, 11) is 9.92. The number of likely N-dealkylation sites (N-methyl/N-ethyl adjacent to an activating group) is 1. The van der Waals surface area contributed by atoms with Crippen LogP contribution in [0.3, 0.4) is 0 Å². The summed E-state index contributed by atoms with van der Waals surface area (Å²) < 4.78 is 2.53. The second kappa shape index (κ2) is 6.37. The van der Waals surface area contributed by atoms with Crippen molar-refractivity contribution in [3.8, 4) is 0 Å². The molecule has 0 radical (unpaired) electrons. The number of imidazole rings is 1. The molecule has 0 aliphatic heterocycles. The normalized spacial score (nSPS) is 13.9. The maximum atomic E-state index is 10.2. The van der Waals surface area contributed by atoms with Gasteiger partial charge in [-0.1, -0.05) is 0 Å². The van der Waals surface area contributed by atoms with Gasteiger partial charge in [0.1, 0.15) is 19.0 Å². The molecule has 8 heteroatoms. The van der Waals surface area contributed by atoms with E-state index < -0.39 is 6.10 Å². The Morgan fingerprint density at radius 1 is 1.32 bits per heavy atom. The first kappa shape index (κ1) is 16.3. The number of aliphatic imine (C=N–C) groups is 1. The Hall–Kier alpha value is -2.06. The number of fused-ring (bicyclic) bond motifs is 1. The van der Waals surface area contributed by atoms with Crippen LogP contribution in [0.1, 0.15) is 0 Å². The van der Waals surface area contributed by atoms with E-state index in [1.54, 1.807) is 12.7 Å². The number of aromatic nitrogens is 4. The lowest BCUT2D eigenvalue weighted by Crippen LogP contribution is -2.42. The quantitative estimate of drug-likeness (QED) is 0.466. The predicted octanol–water partition coefficient (Wildman–Crippen LogP) is 0.115. The maximum absolute atomic E-state index is 10.2. The van der Waals surface area contributed by atoms with Gasteiger partial charge in [0.2, 0.25) is 0 Å². The average molecular weight is 306 g/mol. The first-order valence-electron chi connectivity index (χ1n) is 7.11. The standard InChI is InChI=1S/C14H24N7O/c1-19(2)9-18-13-12-14(16-8-15-13)20(10-17-12)6-11(22)7-21(3,4)5/h8-11,22H,6-7H2,1-5H3/q+1/b18-9+. The second-order valence-electron chi connectivity index (χ2n) is 6.60. The van der Waals surface area contributed by atoms with E-state index in [1.165, 1.54) is 6.33 Å². The Labute approximate surface area is 130 Å². The highest BCUT2D eigenvalue weighted by atomic mass is 16.3. The molecule has 8 nitrogen and oxygen atoms in total. The molecule has 0 amide bonds. The molecule has 0 aromatic carbocycles. The molecule has 0 fully saturated rings. The number of aliphatic hydroxyl groups is 1. The summed E-state index contributed by atoms with van der Waals surface area (Å²) in [6.45, 7) is 1.09. The fourth-order valence-corrected chi connectivity index (χ4v) is 2.18. The fourth-order valence-electron chi connectivity index (χ4n) is 2.18. The minimum absolute atomic E-state index is 0.444. The highest BCUT2D eigenvalue weighted by molar-refractivity contribution is 5.82. The molecular formula is C14H24N7O+. The number of quaternary nitrogens is 1. The molecule has 0 aliphatic rings. The minimum Gasteiger partial charge on any atom is -0.385 e. The largest absolute Gasteiger partial charge is 0.385 e. The SMILES string of the molecule is CN(C)/C=N/c1ncnc2c1ncn2CC(O)C[N+](C)(C)C. The van der Waals surface area contributed by atoms with Gasteiger partial charge in [0.05, 0.1) is 40.4 Å². The van der Waals surface area contributed by atoms with Crippen LogP contribution in [0, 0.1) is 0 Å². The van der Waals surface area contributed by atoms with E-state index >= 15 is 0 Å². The Balaban J connectivity index is 2.24. The molecule has 0 saturated heterocycles. The number of hydrogen-bond donors (Lipinski definition) is 1. The van der Waals surface area contributed by atoms with Crippen molar-refractivity contribution in [1.29, 1.82) is 0 Å². The summed E-state index contributed by atoms with van der Waals surface area (Å²) in [5, 5.41) is 10.2. The summed E-state index contributed by atoms with van der Waals surface area (Å²) >= 11 is 0. The van der Waals surface area contributed by atoms with Crippen molar-refractivity contribution >= 4 is 23.3 Å². The van der Waals surface area contributed by atoms with E-state index in [9.17, 15) is 5.11 Å². The molecule has 120 valence electrons. The number of hydrogen-bond acceptors (Lipinski definition) is 5. The number of rotatable bonds is 6. The predicted molar refractivity (Wildman–Crippen MR) is 86.1 cm³/mol. The Morgan fingerprint density at radius 3 is 2.68 bits per heavy atom. The van der Waals surface area contributed by atoms with Gasteiger partial charge in [0.15, 0.2) is 17.0 Å². The van der Waals surface area contributed by atoms with Crippen molar-refractivity contribution in [2.24, 2.45) is 4.99 Å². The van der Waals surface area contributed by atoms with Gasteiger partial charge >= 0.3 is 0 Å². The number of aliphatic hydroxyl groups excluding tert-OH is 1. The van der Waals surface area contributed by atoms with E-state index in [2.05, 4.69) is 19.9 Å². The van der Waals surface area contributed by atoms with Crippen molar-refractivity contribution in [2.75, 3.05) is 41.8 Å². The van der Waals surface area contributed by atoms with Gasteiger partial charge in [-0.05, 0) is 0 Å². The molecule has 1 unspecified atom stereocenters. The molecule has 2 rings (SSSR count). The third-order valence-corrected chi connectivity index (χ3v) is 2.96. The molecule has 1 atom stereocenters. The van der Waals surface area contributed by atoms with Gasteiger partial charge in [0.25, 0.3) is 0 Å². The van der Waals surface area contributed by atoms with Gasteiger partial charge in [-0.15, -0.1) is 0 Å². The zero-order valence-electron chi connectivity index (χ0n) is 13.8. The molecule has 0 bridgehead atoms. The summed E-state index contributed by atoms with van der Waals surface area (Å²) in [5.41, 5.74) is 1.32. The van der Waals surface area contributed by atoms with E-state index in [1.807, 2.05) is 44.7 Å². The minimum atomic E-state index is -0.471. The molecule has 0 spiro atoms. The molecule has 0 aliphatic carbocycles. The summed E-state index contributed by atoms with van der Waals surface area (Å²) in [5.74, 6) is 0.526. The number of nitrogens with zero attached hydrogens (tertiary/aromatic N) is 7. The smallest absolute Gasteiger partial charge is 0.184 e. The Kier molecular flexibility index (Phi) is 4.72. The van der Waals surface area contributed by atoms with Crippen LogP contribution in [-0.4, -0.2) is 88.2 Å². The molecular weight excluding hydrogens is 282 g/mol. The second-order valence-corrected chi connectivity index (χ2v) is 6.60. The first-order valence-corrected chi connectivity index (χ1v) is 7.11. The van der Waals surface area contributed by atoms with Crippen LogP contribution in [-0.2, 0) is 6.54 Å². The van der Waals surface area contributed by atoms with Crippen LogP contribution in [0.15, 0.2) is 17.6 Å². The van der Waals surface area contributed by atoms with Gasteiger partial charge in [0, 0.05) is 14.1 Å². The third-order valence-electron chi connectivity index (χ3n) is 2.96. The van der Waals surface area contributed by atoms with Gasteiger partial charge in [-0.25, -0.2) is 19.9 Å². The van der Waals surface area contributed by atoms with E-state index in [0.717, 1.165) is 0 Å². The highest BCUT2D eigenvalue weighted by Gasteiger charge is 2.18. The van der Waals surface area contributed by atoms with Crippen LogP contribution in [0.5, 0.6) is 0 Å². The van der Waals surface area contributed by atoms with Crippen molar-refractivity contribution in [2.45, 2.75) is 12.6 Å². The zero-order chi connectivity index (χ0) is 16.3. The molecule has 0 saturated carbocycles. The van der Waals surface area contributed by atoms with Crippen LogP contribution in [0.25, 0.3) is 11.2 Å². The summed E-state index contributed by atoms with van der Waals surface area (Å²) in [6, 6.07) is 0. The Bertz CT molecular complexity index is 657. The van der Waals surface area contributed by atoms with Crippen molar-refractivity contribution < 1.29 is 9.59 Å². The van der Waals surface area contributed by atoms with Crippen molar-refractivity contribution in [3.63, 3.8) is 0 Å². The van der Waals surface area contributed by atoms with Crippen LogP contribution in [0.2, 0.25) is 0 Å². The van der Waals surface area contributed by atoms with Crippen molar-refractivity contribution in [1.82, 2.24) is 24.4 Å². The monoisotopic (exact) mass is 306 g/mol. The molecule has 2 aromatic rings. The van der Waals surface area contributed by atoms with Gasteiger partial charge in [-0.3, -0.25) is 0 Å². The summed E-state index contributed by atoms with van der Waals surface area (Å²) in [4.78, 5) is 18.9. The van der Waals surface area contributed by atoms with Gasteiger partial charge < -0.3 is 19.1 Å². The highest BCUT2D eigenvalue weighted by Crippen LogP contribution is 2.20. The van der Waals surface area contributed by atoms with Gasteiger partial charge in [-0.2, -0.15) is 0 Å². The molecule has 2 heterocycles. The zero-order valence-corrected chi connectivity index (χ0v) is 13.8. The van der Waals surface area contributed by atoms with Crippen LogP contribution >= 0.6 is 0 Å². The fraction of sp³-hybridized carbons (Fsp3) is 0.571. The van der Waals surface area contributed by atoms with E-state index in [4.69, 9.17) is 0 Å². The lowest BCUT2D eigenvalue weighted by atomic mass is 10.3. The molecule has 1 N–H and O–H groups in total. The lowest BCUT2D eigenvalue weighted by Gasteiger charge is -2.26. The first-order chi connectivity index (χ1) is 10.3. The van der Waals surface area contributed by atoms with E-state index in [0.29, 0.717) is 34.6 Å². The van der Waals surface area contributed by atoms with Crippen molar-refractivity contribution in [3.05, 3.63) is 12.7 Å². The topological polar surface area (TPSA) is 79.4 Å². The van der Waals surface area contributed by atoms with E-state index in [-0.39, 0.29) is 0 Å². The maximum Gasteiger partial charge on any atom is 0.184 e. The summed E-state index contributed by atoms with van der Waals surface area (Å²) in [6.07, 6.45) is 4.34. The Morgan fingerprint density at radius 2 is 2.05 bits per heavy atom. The van der Waals surface area contributed by atoms with Crippen LogP contribution < -0.4 is 0 Å². The molecule has 22 heavy (non-hydrogen) atoms. The lowest BCUT2D eigenvalue weighted by molar-refractivity contribution is -0.873. The third kappa shape index (κ3) is 4.22. The molecule has 2 aromatic heterocycles. The average Bonchev–Trinajstić information content (AvgIpc) is 2.78. The van der Waals surface area contributed by atoms with Crippen LogP contribution in [0.4, 0.5) is 5.82 Å².